The molecule has 1 saturated heterocycles. The van der Waals surface area contributed by atoms with Gasteiger partial charge in [0, 0.05) is 5.41 Å². The lowest BCUT2D eigenvalue weighted by Crippen LogP contribution is -2.63. The highest BCUT2D eigenvalue weighted by Gasteiger charge is 2.51. The van der Waals surface area contributed by atoms with Crippen molar-refractivity contribution in [1.82, 2.24) is 0 Å². The van der Waals surface area contributed by atoms with Gasteiger partial charge in [0.25, 0.3) is 0 Å². The zero-order chi connectivity index (χ0) is 11.0. The van der Waals surface area contributed by atoms with E-state index in [0.717, 1.165) is 13.1 Å². The van der Waals surface area contributed by atoms with Gasteiger partial charge in [-0.05, 0) is 6.92 Å². The van der Waals surface area contributed by atoms with Crippen LogP contribution >= 0.6 is 0 Å². The van der Waals surface area contributed by atoms with E-state index in [0.29, 0.717) is 0 Å². The van der Waals surface area contributed by atoms with Crippen molar-refractivity contribution in [2.24, 2.45) is 5.41 Å². The van der Waals surface area contributed by atoms with E-state index >= 15 is 0 Å². The predicted molar refractivity (Wildman–Crippen MR) is 53.1 cm³/mol. The van der Waals surface area contributed by atoms with Crippen LogP contribution in [0.15, 0.2) is 0 Å². The summed E-state index contributed by atoms with van der Waals surface area (Å²) in [6, 6.07) is 0. The van der Waals surface area contributed by atoms with Crippen molar-refractivity contribution in [3.8, 4) is 0 Å². The summed E-state index contributed by atoms with van der Waals surface area (Å²) >= 11 is 0. The van der Waals surface area contributed by atoms with E-state index in [9.17, 15) is 0 Å². The Kier molecular flexibility index (Phi) is 3.21. The van der Waals surface area contributed by atoms with Crippen LogP contribution in [-0.2, 0) is 9.47 Å². The Bertz CT molecular complexity index is 189. The molecule has 0 aromatic heterocycles. The van der Waals surface area contributed by atoms with Crippen LogP contribution < -0.4 is 11.5 Å². The van der Waals surface area contributed by atoms with E-state index in [1.807, 2.05) is 6.92 Å². The summed E-state index contributed by atoms with van der Waals surface area (Å²) < 4.78 is 11.9. The zero-order valence-corrected chi connectivity index (χ0v) is 9.80. The first-order chi connectivity index (χ1) is 6.34. The average molecular weight is 204 g/mol. The van der Waals surface area contributed by atoms with Gasteiger partial charge >= 0.3 is 0 Å². The van der Waals surface area contributed by atoms with Crippen molar-refractivity contribution >= 4 is 0 Å². The summed E-state index contributed by atoms with van der Waals surface area (Å²) in [6.07, 6.45) is 0.188. The highest BCUT2D eigenvalue weighted by atomic mass is 16.8. The van der Waals surface area contributed by atoms with Crippen LogP contribution in [0.2, 0.25) is 0 Å². The Morgan fingerprint density at radius 1 is 1.07 bits per heavy atom. The molecular formula is C10H24N2O2+2. The Morgan fingerprint density at radius 2 is 1.43 bits per heavy atom. The topological polar surface area (TPSA) is 73.7 Å². The third-order valence-electron chi connectivity index (χ3n) is 3.10. The summed E-state index contributed by atoms with van der Waals surface area (Å²) in [6.45, 7) is 9.86. The van der Waals surface area contributed by atoms with Gasteiger partial charge in [0.1, 0.15) is 25.3 Å². The van der Waals surface area contributed by atoms with Gasteiger partial charge in [0.2, 0.25) is 0 Å². The first kappa shape index (κ1) is 11.9. The molecule has 0 saturated carbocycles. The molecule has 0 radical (unpaired) electrons. The fourth-order valence-electron chi connectivity index (χ4n) is 1.60. The predicted octanol–water partition coefficient (Wildman–Crippen LogP) is -0.983. The van der Waals surface area contributed by atoms with Crippen molar-refractivity contribution in [3.05, 3.63) is 0 Å². The average Bonchev–Trinajstić information content (AvgIpc) is 2.42. The van der Waals surface area contributed by atoms with Crippen LogP contribution in [0, 0.1) is 5.41 Å². The second-order valence-corrected chi connectivity index (χ2v) is 5.09. The molecule has 0 unspecified atom stereocenters. The zero-order valence-electron chi connectivity index (χ0n) is 9.80. The Hall–Kier alpha value is -0.160. The third-order valence-corrected chi connectivity index (χ3v) is 3.10. The summed E-state index contributed by atoms with van der Waals surface area (Å²) in [7, 11) is 0. The van der Waals surface area contributed by atoms with Crippen molar-refractivity contribution < 1.29 is 20.9 Å². The number of rotatable bonds is 2. The molecule has 0 aromatic carbocycles. The molecule has 0 aliphatic carbocycles. The van der Waals surface area contributed by atoms with Crippen LogP contribution in [-0.4, -0.2) is 31.1 Å². The van der Waals surface area contributed by atoms with Crippen molar-refractivity contribution in [2.75, 3.05) is 13.1 Å². The quantitative estimate of drug-likeness (QED) is 0.606. The van der Waals surface area contributed by atoms with Gasteiger partial charge in [-0.1, -0.05) is 20.8 Å². The molecule has 1 heterocycles. The first-order valence-corrected chi connectivity index (χ1v) is 5.28. The molecule has 0 aromatic rings. The molecular weight excluding hydrogens is 180 g/mol. The molecule has 1 rings (SSSR count). The molecule has 6 N–H and O–H groups in total. The standard InChI is InChI=1S/C10H22N2O2/c1-9(2,3)10(4)13-7(5-11)8(6-12)14-10/h7-8H,5-6,11-12H2,1-4H3/p+2/t7-,8-/m1/s1. The van der Waals surface area contributed by atoms with Crippen molar-refractivity contribution in [2.45, 2.75) is 45.7 Å². The Labute approximate surface area is 85.9 Å². The van der Waals surface area contributed by atoms with Crippen LogP contribution in [0.25, 0.3) is 0 Å². The number of hydrogen-bond donors (Lipinski definition) is 2. The maximum atomic E-state index is 5.94. The van der Waals surface area contributed by atoms with Gasteiger partial charge in [-0.2, -0.15) is 0 Å². The van der Waals surface area contributed by atoms with Gasteiger partial charge in [-0.15, -0.1) is 0 Å². The van der Waals surface area contributed by atoms with E-state index < -0.39 is 5.79 Å². The van der Waals surface area contributed by atoms with Crippen LogP contribution in [0.1, 0.15) is 27.7 Å². The summed E-state index contributed by atoms with van der Waals surface area (Å²) in [5.74, 6) is -0.502. The fraction of sp³-hybridized carbons (Fsp3) is 1.00. The minimum absolute atomic E-state index is 0.0235. The maximum absolute atomic E-state index is 5.94. The van der Waals surface area contributed by atoms with E-state index in [2.05, 4.69) is 32.2 Å². The van der Waals surface area contributed by atoms with Crippen LogP contribution in [0.4, 0.5) is 0 Å². The second-order valence-electron chi connectivity index (χ2n) is 5.09. The van der Waals surface area contributed by atoms with Gasteiger partial charge in [0.05, 0.1) is 0 Å². The van der Waals surface area contributed by atoms with E-state index in [-0.39, 0.29) is 17.6 Å². The maximum Gasteiger partial charge on any atom is 0.171 e. The minimum Gasteiger partial charge on any atom is -0.355 e. The fourth-order valence-corrected chi connectivity index (χ4v) is 1.60. The highest BCUT2D eigenvalue weighted by Crippen LogP contribution is 2.41. The third kappa shape index (κ3) is 1.93. The molecule has 2 atom stereocenters. The van der Waals surface area contributed by atoms with E-state index in [1.165, 1.54) is 0 Å². The molecule has 0 bridgehead atoms. The molecule has 1 aliphatic rings. The smallest absolute Gasteiger partial charge is 0.171 e. The lowest BCUT2D eigenvalue weighted by molar-refractivity contribution is -0.404. The first-order valence-electron chi connectivity index (χ1n) is 5.28. The number of quaternary nitrogens is 2. The van der Waals surface area contributed by atoms with Crippen molar-refractivity contribution in [1.29, 1.82) is 0 Å². The molecule has 14 heavy (non-hydrogen) atoms. The summed E-state index contributed by atoms with van der Waals surface area (Å²) in [4.78, 5) is 0. The SMILES string of the molecule is CC(C)(C)C1(C)O[C@H](C[NH3+])[C@@H](C[NH3+])O1. The van der Waals surface area contributed by atoms with Gasteiger partial charge in [0.15, 0.2) is 5.79 Å². The molecule has 1 aliphatic heterocycles. The van der Waals surface area contributed by atoms with E-state index in [1.54, 1.807) is 0 Å². The Morgan fingerprint density at radius 3 is 1.64 bits per heavy atom. The molecule has 4 heteroatoms. The minimum atomic E-state index is -0.502. The number of hydrogen-bond acceptors (Lipinski definition) is 2. The van der Waals surface area contributed by atoms with Crippen LogP contribution in [0.3, 0.4) is 0 Å². The summed E-state index contributed by atoms with van der Waals surface area (Å²) in [5.41, 5.74) is 7.74. The molecule has 4 nitrogen and oxygen atoms in total. The molecule has 0 amide bonds. The largest absolute Gasteiger partial charge is 0.355 e. The van der Waals surface area contributed by atoms with Gasteiger partial charge in [-0.3, -0.25) is 0 Å². The highest BCUT2D eigenvalue weighted by molar-refractivity contribution is 4.89. The molecule has 84 valence electrons. The number of ether oxygens (including phenoxy) is 2. The second kappa shape index (κ2) is 3.77. The molecule has 0 spiro atoms. The van der Waals surface area contributed by atoms with Crippen LogP contribution in [0.5, 0.6) is 0 Å². The van der Waals surface area contributed by atoms with E-state index in [4.69, 9.17) is 9.47 Å². The van der Waals surface area contributed by atoms with Gasteiger partial charge in [-0.25, -0.2) is 0 Å². The lowest BCUT2D eigenvalue weighted by Gasteiger charge is -2.36. The lowest BCUT2D eigenvalue weighted by atomic mass is 9.87. The Balaban J connectivity index is 2.78. The van der Waals surface area contributed by atoms with Crippen molar-refractivity contribution in [3.63, 3.8) is 0 Å². The van der Waals surface area contributed by atoms with Gasteiger partial charge < -0.3 is 20.9 Å². The monoisotopic (exact) mass is 204 g/mol. The normalized spacial score (nSPS) is 32.1. The summed E-state index contributed by atoms with van der Waals surface area (Å²) in [5, 5.41) is 0. The molecule has 1 fully saturated rings.